The molecule has 0 spiro atoms. The van der Waals surface area contributed by atoms with Gasteiger partial charge in [0.05, 0.1) is 5.69 Å². The second-order valence-corrected chi connectivity index (χ2v) is 10.6. The molecule has 0 aliphatic carbocycles. The van der Waals surface area contributed by atoms with E-state index in [9.17, 15) is 0 Å². The van der Waals surface area contributed by atoms with Gasteiger partial charge in [-0.2, -0.15) is 0 Å². The van der Waals surface area contributed by atoms with Gasteiger partial charge in [0.15, 0.2) is 5.58 Å². The second-order valence-electron chi connectivity index (χ2n) is 10.6. The van der Waals surface area contributed by atoms with Crippen molar-refractivity contribution in [3.63, 3.8) is 0 Å². The van der Waals surface area contributed by atoms with E-state index in [1.807, 2.05) is 12.1 Å². The average molecular weight is 538 g/mol. The van der Waals surface area contributed by atoms with Gasteiger partial charge in [0.25, 0.3) is 0 Å². The summed E-state index contributed by atoms with van der Waals surface area (Å²) in [7, 11) is 0. The van der Waals surface area contributed by atoms with Gasteiger partial charge >= 0.3 is 0 Å². The molecule has 2 heteroatoms. The first-order valence-corrected chi connectivity index (χ1v) is 14.3. The molecule has 8 rings (SSSR count). The Morgan fingerprint density at radius 2 is 1.02 bits per heavy atom. The van der Waals surface area contributed by atoms with E-state index in [1.54, 1.807) is 0 Å². The van der Waals surface area contributed by atoms with Gasteiger partial charge in [0, 0.05) is 22.1 Å². The van der Waals surface area contributed by atoms with Crippen LogP contribution in [-0.2, 0) is 0 Å². The molecule has 0 saturated heterocycles. The second kappa shape index (κ2) is 10.1. The Bertz CT molecular complexity index is 2180. The predicted octanol–water partition coefficient (Wildman–Crippen LogP) is 11.5. The third-order valence-corrected chi connectivity index (χ3v) is 8.05. The fraction of sp³-hybridized carbons (Fsp3) is 0. The topological polar surface area (TPSA) is 16.4 Å². The average Bonchev–Trinajstić information content (AvgIpc) is 3.45. The van der Waals surface area contributed by atoms with Crippen LogP contribution >= 0.6 is 0 Å². The molecule has 0 fully saturated rings. The summed E-state index contributed by atoms with van der Waals surface area (Å²) in [5, 5.41) is 4.65. The SMILES string of the molecule is c1ccc(-c2ccc(N(c3cc(-c4ccccc4)c4ccccc4c3)c3cccc4c3oc3ccccc34)cc2)cc1. The van der Waals surface area contributed by atoms with E-state index in [0.717, 1.165) is 39.0 Å². The van der Waals surface area contributed by atoms with Crippen LogP contribution in [0.3, 0.4) is 0 Å². The number of hydrogen-bond donors (Lipinski definition) is 0. The smallest absolute Gasteiger partial charge is 0.159 e. The van der Waals surface area contributed by atoms with Crippen LogP contribution in [0.5, 0.6) is 0 Å². The quantitative estimate of drug-likeness (QED) is 0.217. The molecule has 0 bridgehead atoms. The number of hydrogen-bond acceptors (Lipinski definition) is 2. The molecule has 42 heavy (non-hydrogen) atoms. The van der Waals surface area contributed by atoms with Gasteiger partial charge in [0.2, 0.25) is 0 Å². The standard InChI is InChI=1S/C40H27NO/c1-3-12-28(13-4-1)29-22-24-32(25-23-29)41(38-20-11-19-36-35-18-9-10-21-39(35)42-40(36)38)33-26-31-16-7-8-17-34(31)37(27-33)30-14-5-2-6-15-30/h1-27H. The van der Waals surface area contributed by atoms with Crippen molar-refractivity contribution < 1.29 is 4.42 Å². The van der Waals surface area contributed by atoms with E-state index in [-0.39, 0.29) is 0 Å². The number of anilines is 3. The number of para-hydroxylation sites is 2. The summed E-state index contributed by atoms with van der Waals surface area (Å²) in [6.07, 6.45) is 0. The van der Waals surface area contributed by atoms with Crippen LogP contribution in [0.15, 0.2) is 168 Å². The van der Waals surface area contributed by atoms with Crippen LogP contribution in [0.2, 0.25) is 0 Å². The van der Waals surface area contributed by atoms with Crippen molar-refractivity contribution in [1.82, 2.24) is 0 Å². The van der Waals surface area contributed by atoms with Gasteiger partial charge in [-0.15, -0.1) is 0 Å². The van der Waals surface area contributed by atoms with E-state index in [2.05, 4.69) is 157 Å². The molecule has 0 unspecified atom stereocenters. The minimum atomic E-state index is 0.875. The summed E-state index contributed by atoms with van der Waals surface area (Å²) in [6, 6.07) is 57.9. The van der Waals surface area contributed by atoms with Crippen molar-refractivity contribution >= 4 is 49.8 Å². The minimum Gasteiger partial charge on any atom is -0.454 e. The van der Waals surface area contributed by atoms with Gasteiger partial charge in [-0.05, 0) is 69.4 Å². The Kier molecular flexibility index (Phi) is 5.82. The molecule has 8 aromatic rings. The van der Waals surface area contributed by atoms with Crippen molar-refractivity contribution in [2.24, 2.45) is 0 Å². The molecule has 1 heterocycles. The Hall–Kier alpha value is -5.60. The fourth-order valence-corrected chi connectivity index (χ4v) is 6.05. The zero-order valence-electron chi connectivity index (χ0n) is 22.9. The molecule has 0 aliphatic rings. The van der Waals surface area contributed by atoms with Gasteiger partial charge in [-0.1, -0.05) is 127 Å². The summed E-state index contributed by atoms with van der Waals surface area (Å²) in [6.45, 7) is 0. The van der Waals surface area contributed by atoms with Crippen LogP contribution in [0, 0.1) is 0 Å². The first-order chi connectivity index (χ1) is 20.8. The Balaban J connectivity index is 1.39. The molecule has 0 radical (unpaired) electrons. The van der Waals surface area contributed by atoms with Gasteiger partial charge < -0.3 is 9.32 Å². The van der Waals surface area contributed by atoms with Gasteiger partial charge in [-0.25, -0.2) is 0 Å². The largest absolute Gasteiger partial charge is 0.454 e. The van der Waals surface area contributed by atoms with Crippen molar-refractivity contribution in [3.05, 3.63) is 164 Å². The molecular formula is C40H27NO. The molecule has 198 valence electrons. The minimum absolute atomic E-state index is 0.875. The van der Waals surface area contributed by atoms with Crippen LogP contribution in [0.25, 0.3) is 55.0 Å². The third kappa shape index (κ3) is 4.13. The molecule has 0 aliphatic heterocycles. The van der Waals surface area contributed by atoms with E-state index in [4.69, 9.17) is 4.42 Å². The zero-order chi connectivity index (χ0) is 27.9. The zero-order valence-corrected chi connectivity index (χ0v) is 22.9. The van der Waals surface area contributed by atoms with E-state index >= 15 is 0 Å². The third-order valence-electron chi connectivity index (χ3n) is 8.05. The lowest BCUT2D eigenvalue weighted by molar-refractivity contribution is 0.669. The molecule has 0 saturated carbocycles. The maximum absolute atomic E-state index is 6.56. The molecule has 0 amide bonds. The summed E-state index contributed by atoms with van der Waals surface area (Å²) >= 11 is 0. The number of furan rings is 1. The predicted molar refractivity (Wildman–Crippen MR) is 177 cm³/mol. The summed E-state index contributed by atoms with van der Waals surface area (Å²) in [5.41, 5.74) is 9.69. The van der Waals surface area contributed by atoms with Gasteiger partial charge in [-0.3, -0.25) is 0 Å². The van der Waals surface area contributed by atoms with Crippen LogP contribution in [0.4, 0.5) is 17.1 Å². The first-order valence-electron chi connectivity index (χ1n) is 14.3. The summed E-state index contributed by atoms with van der Waals surface area (Å²) in [5.74, 6) is 0. The van der Waals surface area contributed by atoms with E-state index in [1.165, 1.54) is 33.0 Å². The molecular weight excluding hydrogens is 510 g/mol. The molecule has 2 nitrogen and oxygen atoms in total. The molecule has 7 aromatic carbocycles. The monoisotopic (exact) mass is 537 g/mol. The maximum Gasteiger partial charge on any atom is 0.159 e. The highest BCUT2D eigenvalue weighted by Crippen LogP contribution is 2.44. The normalized spacial score (nSPS) is 11.3. The van der Waals surface area contributed by atoms with Crippen molar-refractivity contribution in [2.75, 3.05) is 4.90 Å². The number of rotatable bonds is 5. The molecule has 0 atom stereocenters. The highest BCUT2D eigenvalue weighted by atomic mass is 16.3. The van der Waals surface area contributed by atoms with Crippen molar-refractivity contribution in [2.45, 2.75) is 0 Å². The van der Waals surface area contributed by atoms with Gasteiger partial charge in [0.1, 0.15) is 5.58 Å². The number of benzene rings is 7. The Labute approximate surface area is 244 Å². The highest BCUT2D eigenvalue weighted by Gasteiger charge is 2.21. The lowest BCUT2D eigenvalue weighted by Crippen LogP contribution is -2.10. The molecule has 0 N–H and O–H groups in total. The number of fused-ring (bicyclic) bond motifs is 4. The lowest BCUT2D eigenvalue weighted by atomic mass is 9.96. The number of nitrogens with zero attached hydrogens (tertiary/aromatic N) is 1. The maximum atomic E-state index is 6.56. The Morgan fingerprint density at radius 1 is 0.405 bits per heavy atom. The molecule has 1 aromatic heterocycles. The summed E-state index contributed by atoms with van der Waals surface area (Å²) in [4.78, 5) is 2.33. The van der Waals surface area contributed by atoms with Crippen LogP contribution < -0.4 is 4.90 Å². The summed E-state index contributed by atoms with van der Waals surface area (Å²) < 4.78 is 6.56. The fourth-order valence-electron chi connectivity index (χ4n) is 6.05. The first kappa shape index (κ1) is 24.2. The highest BCUT2D eigenvalue weighted by molar-refractivity contribution is 6.11. The van der Waals surface area contributed by atoms with Crippen LogP contribution in [-0.4, -0.2) is 0 Å². The Morgan fingerprint density at radius 3 is 1.81 bits per heavy atom. The van der Waals surface area contributed by atoms with E-state index < -0.39 is 0 Å². The van der Waals surface area contributed by atoms with Crippen LogP contribution in [0.1, 0.15) is 0 Å². The van der Waals surface area contributed by atoms with E-state index in [0.29, 0.717) is 0 Å². The lowest BCUT2D eigenvalue weighted by Gasteiger charge is -2.27. The van der Waals surface area contributed by atoms with Crippen molar-refractivity contribution in [3.8, 4) is 22.3 Å². The van der Waals surface area contributed by atoms with Crippen molar-refractivity contribution in [1.29, 1.82) is 0 Å².